The number of hydrogen-bond donors (Lipinski definition) is 0. The second-order valence-corrected chi connectivity index (χ2v) is 10.3. The average Bonchev–Trinajstić information content (AvgIpc) is 3.44. The molecule has 0 radical (unpaired) electrons. The number of aromatic nitrogens is 4. The molecule has 9 nitrogen and oxygen atoms in total. The zero-order valence-corrected chi connectivity index (χ0v) is 18.3. The highest BCUT2D eigenvalue weighted by atomic mass is 32.2. The topological polar surface area (TPSA) is 129 Å². The van der Waals surface area contributed by atoms with E-state index in [1.54, 1.807) is 0 Å². The fourth-order valence-electron chi connectivity index (χ4n) is 2.82. The number of nitrogens with zero attached hydrogens (tertiary/aromatic N) is 4. The number of rotatable bonds is 6. The number of sulfone groups is 1. The summed E-state index contributed by atoms with van der Waals surface area (Å²) in [4.78, 5) is 10.5. The second kappa shape index (κ2) is 8.50. The van der Waals surface area contributed by atoms with Crippen molar-refractivity contribution in [3.8, 4) is 23.0 Å². The van der Waals surface area contributed by atoms with Gasteiger partial charge in [0.15, 0.2) is 26.2 Å². The summed E-state index contributed by atoms with van der Waals surface area (Å²) < 4.78 is 111. The van der Waals surface area contributed by atoms with Gasteiger partial charge < -0.3 is 8.94 Å². The molecule has 0 aliphatic rings. The molecule has 4 rings (SSSR count). The van der Waals surface area contributed by atoms with Gasteiger partial charge in [0.1, 0.15) is 11.2 Å². The van der Waals surface area contributed by atoms with Gasteiger partial charge in [0.05, 0.1) is 15.5 Å². The number of hydrogen-bond acceptors (Lipinski definition) is 9. The van der Waals surface area contributed by atoms with Crippen LogP contribution in [0.5, 0.6) is 0 Å². The van der Waals surface area contributed by atoms with Crippen LogP contribution >= 0.6 is 0 Å². The maximum absolute atomic E-state index is 12.8. The van der Waals surface area contributed by atoms with Crippen LogP contribution in [-0.4, -0.2) is 44.0 Å². The molecule has 0 amide bonds. The fourth-order valence-corrected chi connectivity index (χ4v) is 4.55. The first-order valence-corrected chi connectivity index (χ1v) is 12.0. The van der Waals surface area contributed by atoms with E-state index in [9.17, 15) is 34.6 Å². The van der Waals surface area contributed by atoms with E-state index in [4.69, 9.17) is 4.42 Å². The summed E-state index contributed by atoms with van der Waals surface area (Å²) in [5.74, 6) is -2.03. The molecule has 1 atom stereocenters. The highest BCUT2D eigenvalue weighted by Gasteiger charge is 2.38. The molecule has 1 unspecified atom stereocenters. The van der Waals surface area contributed by atoms with Crippen molar-refractivity contribution in [1.82, 2.24) is 20.1 Å². The van der Waals surface area contributed by atoms with Crippen LogP contribution in [0, 0.1) is 0 Å². The van der Waals surface area contributed by atoms with E-state index in [0.29, 0.717) is 0 Å². The molecule has 180 valence electrons. The van der Waals surface area contributed by atoms with E-state index in [-0.39, 0.29) is 39.8 Å². The Morgan fingerprint density at radius 3 is 2.50 bits per heavy atom. The summed E-state index contributed by atoms with van der Waals surface area (Å²) in [6.45, 7) is 1.35. The summed E-state index contributed by atoms with van der Waals surface area (Å²) in [6, 6.07) is 4.02. The van der Waals surface area contributed by atoms with Gasteiger partial charge in [0.25, 0.3) is 5.89 Å². The Kier molecular flexibility index (Phi) is 5.97. The minimum atomic E-state index is -4.99. The molecule has 0 spiro atoms. The van der Waals surface area contributed by atoms with Crippen molar-refractivity contribution in [3.63, 3.8) is 0 Å². The highest BCUT2D eigenvalue weighted by molar-refractivity contribution is 7.91. The molecule has 0 aliphatic carbocycles. The molecular weight excluding hydrogens is 511 g/mol. The van der Waals surface area contributed by atoms with E-state index >= 15 is 0 Å². The van der Waals surface area contributed by atoms with Crippen LogP contribution in [0.2, 0.25) is 0 Å². The zero-order chi connectivity index (χ0) is 24.8. The normalized spacial score (nSPS) is 13.6. The second-order valence-electron chi connectivity index (χ2n) is 6.59. The van der Waals surface area contributed by atoms with Crippen molar-refractivity contribution in [2.24, 2.45) is 0 Å². The highest BCUT2D eigenvalue weighted by Crippen LogP contribution is 2.33. The maximum Gasteiger partial charge on any atom is 0.475 e. The zero-order valence-electron chi connectivity index (χ0n) is 16.7. The molecule has 0 saturated carbocycles. The molecular formula is C18H11F5N4O5S2. The quantitative estimate of drug-likeness (QED) is 0.340. The van der Waals surface area contributed by atoms with Gasteiger partial charge >= 0.3 is 11.9 Å². The first-order chi connectivity index (χ1) is 15.9. The predicted octanol–water partition coefficient (Wildman–Crippen LogP) is 4.30. The maximum atomic E-state index is 12.8. The summed E-state index contributed by atoms with van der Waals surface area (Å²) in [5.41, 5.74) is -5.44. The Morgan fingerprint density at radius 2 is 1.88 bits per heavy atom. The Balaban J connectivity index is 1.83. The number of oxazole rings is 1. The summed E-state index contributed by atoms with van der Waals surface area (Å²) in [6.07, 6.45) is -1.97. The lowest BCUT2D eigenvalue weighted by molar-refractivity contribution is -0.0384. The molecule has 3 aromatic heterocycles. The molecule has 0 bridgehead atoms. The van der Waals surface area contributed by atoms with Crippen molar-refractivity contribution < 1.29 is 43.5 Å². The standard InChI is InChI=1S/C18H11F5N4O5S2/c1-2-34(29,30)12-5-8(15-26-17(14(19)20)32-27-15)7-24-13(12)16-25-10-6-9(3-4-11(10)31-16)33(28)18(21,22)23/h3-7,14H,2H2,1H3. The van der Waals surface area contributed by atoms with Crippen molar-refractivity contribution in [3.05, 3.63) is 36.4 Å². The van der Waals surface area contributed by atoms with E-state index in [0.717, 1.165) is 30.5 Å². The van der Waals surface area contributed by atoms with Gasteiger partial charge in [-0.25, -0.2) is 22.6 Å². The smallest absolute Gasteiger partial charge is 0.435 e. The van der Waals surface area contributed by atoms with Crippen LogP contribution in [-0.2, 0) is 20.6 Å². The van der Waals surface area contributed by atoms with Crippen LogP contribution in [0.4, 0.5) is 22.0 Å². The van der Waals surface area contributed by atoms with E-state index < -0.39 is 48.3 Å². The fraction of sp³-hybridized carbons (Fsp3) is 0.222. The predicted molar refractivity (Wildman–Crippen MR) is 106 cm³/mol. The van der Waals surface area contributed by atoms with Crippen LogP contribution in [0.3, 0.4) is 0 Å². The van der Waals surface area contributed by atoms with Crippen molar-refractivity contribution >= 4 is 31.7 Å². The van der Waals surface area contributed by atoms with Crippen LogP contribution in [0.25, 0.3) is 34.1 Å². The monoisotopic (exact) mass is 522 g/mol. The van der Waals surface area contributed by atoms with E-state index in [1.165, 1.54) is 6.92 Å². The molecule has 4 aromatic rings. The molecule has 0 aliphatic heterocycles. The van der Waals surface area contributed by atoms with Crippen molar-refractivity contribution in [2.75, 3.05) is 5.75 Å². The average molecular weight is 522 g/mol. The first kappa shape index (κ1) is 23.9. The van der Waals surface area contributed by atoms with Gasteiger partial charge in [-0.15, -0.1) is 0 Å². The summed E-state index contributed by atoms with van der Waals surface area (Å²) in [7, 11) is -7.30. The lowest BCUT2D eigenvalue weighted by atomic mass is 10.2. The SMILES string of the molecule is CCS(=O)(=O)c1cc(-c2noc(C(F)F)n2)cnc1-c1nc2cc(S(=O)C(F)(F)F)ccc2o1. The minimum Gasteiger partial charge on any atom is -0.435 e. The Labute approximate surface area is 189 Å². The van der Waals surface area contributed by atoms with Crippen LogP contribution in [0.1, 0.15) is 19.2 Å². The summed E-state index contributed by atoms with van der Waals surface area (Å²) >= 11 is 0. The Morgan fingerprint density at radius 1 is 1.15 bits per heavy atom. The van der Waals surface area contributed by atoms with Gasteiger partial charge in [-0.1, -0.05) is 12.1 Å². The lowest BCUT2D eigenvalue weighted by Crippen LogP contribution is -2.16. The van der Waals surface area contributed by atoms with Crippen LogP contribution in [0.15, 0.2) is 49.2 Å². The molecule has 34 heavy (non-hydrogen) atoms. The third kappa shape index (κ3) is 4.42. The third-order valence-electron chi connectivity index (χ3n) is 4.44. The van der Waals surface area contributed by atoms with Gasteiger partial charge in [0, 0.05) is 11.8 Å². The van der Waals surface area contributed by atoms with Gasteiger partial charge in [-0.2, -0.15) is 26.9 Å². The lowest BCUT2D eigenvalue weighted by Gasteiger charge is -2.07. The van der Waals surface area contributed by atoms with Crippen molar-refractivity contribution in [1.29, 1.82) is 0 Å². The van der Waals surface area contributed by atoms with Gasteiger partial charge in [-0.3, -0.25) is 0 Å². The summed E-state index contributed by atoms with van der Waals surface area (Å²) in [5, 5.41) is 3.38. The van der Waals surface area contributed by atoms with Crippen LogP contribution < -0.4 is 0 Å². The molecule has 3 heterocycles. The Bertz CT molecular complexity index is 1510. The number of benzene rings is 1. The molecule has 0 fully saturated rings. The van der Waals surface area contributed by atoms with Gasteiger partial charge in [0.2, 0.25) is 11.7 Å². The van der Waals surface area contributed by atoms with Crippen molar-refractivity contribution in [2.45, 2.75) is 28.6 Å². The number of fused-ring (bicyclic) bond motifs is 1. The van der Waals surface area contributed by atoms with E-state index in [1.807, 2.05) is 0 Å². The first-order valence-electron chi connectivity index (χ1n) is 9.15. The minimum absolute atomic E-state index is 0.0107. The molecule has 0 N–H and O–H groups in total. The van der Waals surface area contributed by atoms with Gasteiger partial charge in [-0.05, 0) is 24.3 Å². The number of pyridine rings is 1. The molecule has 1 aromatic carbocycles. The number of halogens is 5. The molecule has 0 saturated heterocycles. The number of alkyl halides is 5. The molecule has 16 heteroatoms. The van der Waals surface area contributed by atoms with E-state index in [2.05, 4.69) is 24.6 Å². The Hall–Kier alpha value is -3.27. The third-order valence-corrected chi connectivity index (χ3v) is 7.28. The largest absolute Gasteiger partial charge is 0.475 e.